The maximum Gasteiger partial charge on any atom is 0.419 e. The van der Waals surface area contributed by atoms with Crippen LogP contribution in [0.25, 0.3) is 11.1 Å². The molecule has 0 saturated carbocycles. The van der Waals surface area contributed by atoms with Gasteiger partial charge in [0.15, 0.2) is 0 Å². The average Bonchev–Trinajstić information content (AvgIpc) is 2.45. The molecule has 0 spiro atoms. The minimum Gasteiger partial charge on any atom is -0.366 e. The van der Waals surface area contributed by atoms with Crippen molar-refractivity contribution in [2.45, 2.75) is 6.18 Å². The van der Waals surface area contributed by atoms with Gasteiger partial charge < -0.3 is 5.73 Å². The molecule has 0 aromatic heterocycles. The highest BCUT2D eigenvalue weighted by atomic mass is 19.4. The quantitative estimate of drug-likeness (QED) is 0.531. The van der Waals surface area contributed by atoms with E-state index in [1.54, 1.807) is 0 Å². The minimum absolute atomic E-state index is 0.0615. The highest BCUT2D eigenvalue weighted by molar-refractivity contribution is 6.00. The van der Waals surface area contributed by atoms with Gasteiger partial charge in [0.1, 0.15) is 5.82 Å². The van der Waals surface area contributed by atoms with Crippen LogP contribution in [0.5, 0.6) is 0 Å². The first kappa shape index (κ1) is 16.4. The standard InChI is InChI=1S/C14H8F4N2O3/c15-12-4-1-7(5-11(12)14(16,17)18)9-3-2-8(20(22)23)6-10(9)13(19)21/h1-6H,(H2,19,21). The van der Waals surface area contributed by atoms with Crippen molar-refractivity contribution in [2.75, 3.05) is 0 Å². The zero-order chi connectivity index (χ0) is 17.4. The zero-order valence-corrected chi connectivity index (χ0v) is 11.2. The smallest absolute Gasteiger partial charge is 0.366 e. The van der Waals surface area contributed by atoms with Gasteiger partial charge in [-0.1, -0.05) is 6.07 Å². The van der Waals surface area contributed by atoms with Gasteiger partial charge in [0, 0.05) is 12.1 Å². The lowest BCUT2D eigenvalue weighted by molar-refractivity contribution is -0.384. The number of rotatable bonds is 3. The van der Waals surface area contributed by atoms with Crippen LogP contribution in [-0.2, 0) is 6.18 Å². The molecule has 1 amide bonds. The van der Waals surface area contributed by atoms with E-state index in [4.69, 9.17) is 5.73 Å². The number of hydrogen-bond acceptors (Lipinski definition) is 3. The second-order valence-corrected chi connectivity index (χ2v) is 4.54. The second kappa shape index (κ2) is 5.67. The fourth-order valence-corrected chi connectivity index (χ4v) is 2.01. The summed E-state index contributed by atoms with van der Waals surface area (Å²) in [6, 6.07) is 5.10. The van der Waals surface area contributed by atoms with E-state index in [1.807, 2.05) is 0 Å². The molecule has 0 unspecified atom stereocenters. The normalized spacial score (nSPS) is 11.3. The molecule has 5 nitrogen and oxygen atoms in total. The van der Waals surface area contributed by atoms with Crippen molar-refractivity contribution in [3.05, 3.63) is 63.5 Å². The molecule has 120 valence electrons. The van der Waals surface area contributed by atoms with Gasteiger partial charge in [0.25, 0.3) is 5.69 Å². The van der Waals surface area contributed by atoms with E-state index in [0.717, 1.165) is 24.3 Å². The third kappa shape index (κ3) is 3.28. The lowest BCUT2D eigenvalue weighted by Gasteiger charge is -2.12. The molecule has 0 atom stereocenters. The third-order valence-corrected chi connectivity index (χ3v) is 3.06. The van der Waals surface area contributed by atoms with E-state index in [0.29, 0.717) is 12.1 Å². The Hall–Kier alpha value is -2.97. The number of nitrogens with two attached hydrogens (primary N) is 1. The van der Waals surface area contributed by atoms with Crippen LogP contribution in [0.4, 0.5) is 23.2 Å². The maximum absolute atomic E-state index is 13.3. The topological polar surface area (TPSA) is 86.2 Å². The number of nitro groups is 1. The number of non-ortho nitro benzene ring substituents is 1. The zero-order valence-electron chi connectivity index (χ0n) is 11.2. The van der Waals surface area contributed by atoms with Crippen LogP contribution in [0.2, 0.25) is 0 Å². The van der Waals surface area contributed by atoms with Crippen LogP contribution in [0, 0.1) is 15.9 Å². The van der Waals surface area contributed by atoms with E-state index in [-0.39, 0.29) is 16.7 Å². The van der Waals surface area contributed by atoms with Gasteiger partial charge >= 0.3 is 6.18 Å². The summed E-state index contributed by atoms with van der Waals surface area (Å²) in [5.74, 6) is -2.52. The fraction of sp³-hybridized carbons (Fsp3) is 0.0714. The summed E-state index contributed by atoms with van der Waals surface area (Å²) >= 11 is 0. The van der Waals surface area contributed by atoms with Crippen LogP contribution < -0.4 is 5.73 Å². The number of benzene rings is 2. The lowest BCUT2D eigenvalue weighted by Crippen LogP contribution is -2.13. The van der Waals surface area contributed by atoms with Crippen molar-refractivity contribution in [1.82, 2.24) is 0 Å². The molecule has 0 radical (unpaired) electrons. The van der Waals surface area contributed by atoms with E-state index in [2.05, 4.69) is 0 Å². The minimum atomic E-state index is -4.92. The largest absolute Gasteiger partial charge is 0.419 e. The summed E-state index contributed by atoms with van der Waals surface area (Å²) in [6.07, 6.45) is -4.92. The molecular weight excluding hydrogens is 320 g/mol. The Bertz CT molecular complexity index is 803. The molecule has 0 aliphatic heterocycles. The van der Waals surface area contributed by atoms with Crippen molar-refractivity contribution in [2.24, 2.45) is 5.73 Å². The number of alkyl halides is 3. The summed E-state index contributed by atoms with van der Waals surface area (Å²) in [5, 5.41) is 10.7. The molecule has 2 rings (SSSR count). The third-order valence-electron chi connectivity index (χ3n) is 3.06. The molecule has 0 heterocycles. The van der Waals surface area contributed by atoms with Crippen LogP contribution in [0.1, 0.15) is 15.9 Å². The van der Waals surface area contributed by atoms with Crippen molar-refractivity contribution >= 4 is 11.6 Å². The number of amides is 1. The molecule has 2 aromatic rings. The van der Waals surface area contributed by atoms with Crippen molar-refractivity contribution in [3.63, 3.8) is 0 Å². The first-order chi connectivity index (χ1) is 10.6. The van der Waals surface area contributed by atoms with Gasteiger partial charge in [-0.25, -0.2) is 4.39 Å². The first-order valence-electron chi connectivity index (χ1n) is 6.06. The molecule has 2 aromatic carbocycles. The van der Waals surface area contributed by atoms with Crippen LogP contribution in [0.3, 0.4) is 0 Å². The van der Waals surface area contributed by atoms with Gasteiger partial charge in [-0.2, -0.15) is 13.2 Å². The number of halogens is 4. The van der Waals surface area contributed by atoms with E-state index in [9.17, 15) is 32.5 Å². The number of carbonyl (C=O) groups excluding carboxylic acids is 1. The second-order valence-electron chi connectivity index (χ2n) is 4.54. The number of carbonyl (C=O) groups is 1. The Labute approximate surface area is 126 Å². The molecule has 2 N–H and O–H groups in total. The Balaban J connectivity index is 2.67. The summed E-state index contributed by atoms with van der Waals surface area (Å²) in [7, 11) is 0. The SMILES string of the molecule is NC(=O)c1cc([N+](=O)[O-])ccc1-c1ccc(F)c(C(F)(F)F)c1. The summed E-state index contributed by atoms with van der Waals surface area (Å²) in [5.41, 5.74) is 2.63. The predicted molar refractivity (Wildman–Crippen MR) is 72.0 cm³/mol. The molecule has 0 fully saturated rings. The monoisotopic (exact) mass is 328 g/mol. The number of nitro benzene ring substituents is 1. The Morgan fingerprint density at radius 1 is 1.13 bits per heavy atom. The number of primary amides is 1. The summed E-state index contributed by atoms with van der Waals surface area (Å²) in [6.45, 7) is 0. The molecule has 0 aliphatic rings. The Kier molecular flexibility index (Phi) is 4.04. The van der Waals surface area contributed by atoms with Crippen LogP contribution in [0.15, 0.2) is 36.4 Å². The first-order valence-corrected chi connectivity index (χ1v) is 6.06. The molecule has 23 heavy (non-hydrogen) atoms. The van der Waals surface area contributed by atoms with Crippen molar-refractivity contribution in [3.8, 4) is 11.1 Å². The van der Waals surface area contributed by atoms with Gasteiger partial charge in [0.05, 0.1) is 16.1 Å². The van der Waals surface area contributed by atoms with Gasteiger partial charge in [-0.05, 0) is 29.3 Å². The highest BCUT2D eigenvalue weighted by Gasteiger charge is 2.34. The van der Waals surface area contributed by atoms with Gasteiger partial charge in [0.2, 0.25) is 5.91 Å². The van der Waals surface area contributed by atoms with Crippen molar-refractivity contribution in [1.29, 1.82) is 0 Å². The van der Waals surface area contributed by atoms with Gasteiger partial charge in [-0.15, -0.1) is 0 Å². The van der Waals surface area contributed by atoms with Crippen LogP contribution >= 0.6 is 0 Å². The molecule has 9 heteroatoms. The average molecular weight is 328 g/mol. The molecule has 0 saturated heterocycles. The molecular formula is C14H8F4N2O3. The van der Waals surface area contributed by atoms with Crippen molar-refractivity contribution < 1.29 is 27.3 Å². The Morgan fingerprint density at radius 3 is 2.30 bits per heavy atom. The highest BCUT2D eigenvalue weighted by Crippen LogP contribution is 2.35. The Morgan fingerprint density at radius 2 is 1.78 bits per heavy atom. The predicted octanol–water partition coefficient (Wildman–Crippen LogP) is 3.52. The number of nitrogens with zero attached hydrogens (tertiary/aromatic N) is 1. The summed E-state index contributed by atoms with van der Waals surface area (Å²) < 4.78 is 51.6. The maximum atomic E-state index is 13.3. The lowest BCUT2D eigenvalue weighted by atomic mass is 9.97. The van der Waals surface area contributed by atoms with Crippen LogP contribution in [-0.4, -0.2) is 10.8 Å². The van der Waals surface area contributed by atoms with E-state index < -0.39 is 34.1 Å². The fourth-order valence-electron chi connectivity index (χ4n) is 2.01. The summed E-state index contributed by atoms with van der Waals surface area (Å²) in [4.78, 5) is 21.4. The van der Waals surface area contributed by atoms with E-state index in [1.165, 1.54) is 0 Å². The van der Waals surface area contributed by atoms with E-state index >= 15 is 0 Å². The number of hydrogen-bond donors (Lipinski definition) is 1. The molecule has 0 aliphatic carbocycles. The molecule has 0 bridgehead atoms. The van der Waals surface area contributed by atoms with Gasteiger partial charge in [-0.3, -0.25) is 14.9 Å².